The third-order valence-corrected chi connectivity index (χ3v) is 3.33. The quantitative estimate of drug-likeness (QED) is 0.695. The summed E-state index contributed by atoms with van der Waals surface area (Å²) in [5, 5.41) is 0. The van der Waals surface area contributed by atoms with Gasteiger partial charge in [0.15, 0.2) is 0 Å². The van der Waals surface area contributed by atoms with Gasteiger partial charge in [-0.25, -0.2) is 0 Å². The number of hydrogen-bond donors (Lipinski definition) is 0. The van der Waals surface area contributed by atoms with Crippen LogP contribution in [0.4, 0.5) is 0 Å². The minimum Gasteiger partial charge on any atom is -0.488 e. The summed E-state index contributed by atoms with van der Waals surface area (Å²) in [7, 11) is 0. The summed E-state index contributed by atoms with van der Waals surface area (Å²) in [6, 6.07) is 2.20. The summed E-state index contributed by atoms with van der Waals surface area (Å²) in [6.45, 7) is 19.8. The van der Waals surface area contributed by atoms with Gasteiger partial charge >= 0.3 is 0 Å². The monoisotopic (exact) mass is 262 g/mol. The van der Waals surface area contributed by atoms with Gasteiger partial charge in [-0.05, 0) is 81.7 Å². The molecule has 0 bridgehead atoms. The van der Waals surface area contributed by atoms with Crippen LogP contribution in [0.3, 0.4) is 0 Å². The molecule has 1 rings (SSSR count). The molecule has 1 aromatic rings. The normalized spacial score (nSPS) is 12.7. The molecule has 0 aromatic heterocycles. The van der Waals surface area contributed by atoms with Gasteiger partial charge in [-0.15, -0.1) is 0 Å². The highest BCUT2D eigenvalue weighted by Crippen LogP contribution is 2.33. The van der Waals surface area contributed by atoms with E-state index >= 15 is 0 Å². The summed E-state index contributed by atoms with van der Waals surface area (Å²) in [4.78, 5) is 0. The zero-order chi connectivity index (χ0) is 15.0. The van der Waals surface area contributed by atoms with Crippen LogP contribution in [0.5, 0.6) is 5.75 Å². The van der Waals surface area contributed by atoms with E-state index in [9.17, 15) is 0 Å². The van der Waals surface area contributed by atoms with Gasteiger partial charge in [0.1, 0.15) is 11.4 Å². The van der Waals surface area contributed by atoms with E-state index in [-0.39, 0.29) is 5.60 Å². The first-order chi connectivity index (χ1) is 8.41. The Hall–Kier alpha value is -0.980. The number of hydrogen-bond acceptors (Lipinski definition) is 1. The molecule has 0 aliphatic carbocycles. The Morgan fingerprint density at radius 1 is 0.895 bits per heavy atom. The lowest BCUT2D eigenvalue weighted by atomic mass is 9.83. The fourth-order valence-corrected chi connectivity index (χ4v) is 2.34. The van der Waals surface area contributed by atoms with E-state index in [1.807, 2.05) is 0 Å². The molecule has 0 heterocycles. The first-order valence-corrected chi connectivity index (χ1v) is 7.19. The topological polar surface area (TPSA) is 9.23 Å². The maximum Gasteiger partial charge on any atom is 0.123 e. The maximum atomic E-state index is 6.08. The van der Waals surface area contributed by atoms with E-state index in [2.05, 4.69) is 68.4 Å². The molecule has 1 nitrogen and oxygen atoms in total. The molecule has 0 fully saturated rings. The number of benzene rings is 1. The summed E-state index contributed by atoms with van der Waals surface area (Å²) in [5.74, 6) is 1.03. The molecule has 0 aliphatic rings. The predicted molar refractivity (Wildman–Crippen MR) is 84.2 cm³/mol. The van der Waals surface area contributed by atoms with Crippen LogP contribution in [-0.4, -0.2) is 5.60 Å². The maximum absolute atomic E-state index is 6.08. The van der Waals surface area contributed by atoms with Crippen molar-refractivity contribution in [2.75, 3.05) is 0 Å². The van der Waals surface area contributed by atoms with Crippen LogP contribution in [0.25, 0.3) is 0 Å². The molecular formula is C18H30O. The van der Waals surface area contributed by atoms with Crippen LogP contribution >= 0.6 is 0 Å². The smallest absolute Gasteiger partial charge is 0.123 e. The molecule has 0 saturated carbocycles. The van der Waals surface area contributed by atoms with Crippen LogP contribution in [0.2, 0.25) is 0 Å². The standard InChI is InChI=1S/C18H30O/c1-12-10-16(19-18(7,8)9)14(3)13(2)15(12)11-17(4,5)6/h10H,11H2,1-9H3. The average Bonchev–Trinajstić information content (AvgIpc) is 2.17. The van der Waals surface area contributed by atoms with Gasteiger partial charge in [0, 0.05) is 0 Å². The zero-order valence-corrected chi connectivity index (χ0v) is 14.2. The minimum absolute atomic E-state index is 0.144. The molecule has 1 aromatic carbocycles. The summed E-state index contributed by atoms with van der Waals surface area (Å²) in [6.07, 6.45) is 1.11. The summed E-state index contributed by atoms with van der Waals surface area (Å²) >= 11 is 0. The Bertz CT molecular complexity index is 456. The molecule has 108 valence electrons. The van der Waals surface area contributed by atoms with Crippen LogP contribution in [-0.2, 0) is 6.42 Å². The van der Waals surface area contributed by atoms with Crippen LogP contribution in [0.15, 0.2) is 6.07 Å². The van der Waals surface area contributed by atoms with Gasteiger partial charge in [0.25, 0.3) is 0 Å². The van der Waals surface area contributed by atoms with Crippen molar-refractivity contribution in [3.8, 4) is 5.75 Å². The van der Waals surface area contributed by atoms with Crippen molar-refractivity contribution < 1.29 is 4.74 Å². The van der Waals surface area contributed by atoms with Crippen molar-refractivity contribution in [3.05, 3.63) is 28.3 Å². The van der Waals surface area contributed by atoms with Crippen molar-refractivity contribution in [2.24, 2.45) is 5.41 Å². The van der Waals surface area contributed by atoms with Crippen molar-refractivity contribution in [2.45, 2.75) is 74.3 Å². The van der Waals surface area contributed by atoms with Crippen LogP contribution in [0, 0.1) is 26.2 Å². The Morgan fingerprint density at radius 2 is 1.42 bits per heavy atom. The highest BCUT2D eigenvalue weighted by Gasteiger charge is 2.20. The van der Waals surface area contributed by atoms with Crippen LogP contribution in [0.1, 0.15) is 63.8 Å². The molecule has 0 aliphatic heterocycles. The molecule has 0 amide bonds. The summed E-state index contributed by atoms with van der Waals surface area (Å²) < 4.78 is 6.08. The van der Waals surface area contributed by atoms with E-state index in [0.717, 1.165) is 12.2 Å². The van der Waals surface area contributed by atoms with Gasteiger partial charge in [-0.1, -0.05) is 20.8 Å². The van der Waals surface area contributed by atoms with Gasteiger partial charge in [0.05, 0.1) is 0 Å². The lowest BCUT2D eigenvalue weighted by Crippen LogP contribution is -2.24. The molecular weight excluding hydrogens is 232 g/mol. The molecule has 0 spiro atoms. The number of rotatable bonds is 2. The summed E-state index contributed by atoms with van der Waals surface area (Å²) in [5.41, 5.74) is 5.65. The fourth-order valence-electron chi connectivity index (χ4n) is 2.34. The molecule has 1 heteroatoms. The van der Waals surface area contributed by atoms with Gasteiger partial charge in [0.2, 0.25) is 0 Å². The Labute approximate surface area is 119 Å². The largest absolute Gasteiger partial charge is 0.488 e. The molecule has 19 heavy (non-hydrogen) atoms. The van der Waals surface area contributed by atoms with E-state index < -0.39 is 0 Å². The first-order valence-electron chi connectivity index (χ1n) is 7.19. The second-order valence-electron chi connectivity index (χ2n) is 7.87. The van der Waals surface area contributed by atoms with Crippen molar-refractivity contribution >= 4 is 0 Å². The van der Waals surface area contributed by atoms with Gasteiger partial charge < -0.3 is 4.74 Å². The van der Waals surface area contributed by atoms with E-state index in [4.69, 9.17) is 4.74 Å². The molecule has 0 saturated heterocycles. The fraction of sp³-hybridized carbons (Fsp3) is 0.667. The average molecular weight is 262 g/mol. The molecule has 0 N–H and O–H groups in total. The number of ether oxygens (including phenoxy) is 1. The number of aryl methyl sites for hydroxylation is 1. The van der Waals surface area contributed by atoms with Gasteiger partial charge in [-0.3, -0.25) is 0 Å². The van der Waals surface area contributed by atoms with E-state index in [1.165, 1.54) is 22.3 Å². The van der Waals surface area contributed by atoms with Gasteiger partial charge in [-0.2, -0.15) is 0 Å². The van der Waals surface area contributed by atoms with E-state index in [1.54, 1.807) is 0 Å². The zero-order valence-electron chi connectivity index (χ0n) is 14.2. The predicted octanol–water partition coefficient (Wildman–Crippen LogP) is 5.38. The SMILES string of the molecule is Cc1cc(OC(C)(C)C)c(C)c(C)c1CC(C)(C)C. The Balaban J connectivity index is 3.24. The minimum atomic E-state index is -0.144. The first kappa shape index (κ1) is 16.1. The van der Waals surface area contributed by atoms with Crippen molar-refractivity contribution in [3.63, 3.8) is 0 Å². The highest BCUT2D eigenvalue weighted by molar-refractivity contribution is 5.48. The molecule has 0 radical (unpaired) electrons. The highest BCUT2D eigenvalue weighted by atomic mass is 16.5. The second-order valence-corrected chi connectivity index (χ2v) is 7.87. The lowest BCUT2D eigenvalue weighted by molar-refractivity contribution is 0.129. The Morgan fingerprint density at radius 3 is 1.84 bits per heavy atom. The molecule has 0 unspecified atom stereocenters. The van der Waals surface area contributed by atoms with Crippen molar-refractivity contribution in [1.82, 2.24) is 0 Å². The molecule has 0 atom stereocenters. The van der Waals surface area contributed by atoms with Crippen molar-refractivity contribution in [1.29, 1.82) is 0 Å². The van der Waals surface area contributed by atoms with E-state index in [0.29, 0.717) is 5.41 Å². The third-order valence-electron chi connectivity index (χ3n) is 3.33. The third kappa shape index (κ3) is 4.56. The lowest BCUT2D eigenvalue weighted by Gasteiger charge is -2.27. The Kier molecular flexibility index (Phi) is 4.39. The van der Waals surface area contributed by atoms with Crippen LogP contribution < -0.4 is 4.74 Å². The second kappa shape index (κ2) is 5.19.